The maximum absolute atomic E-state index is 12.7. The lowest BCUT2D eigenvalue weighted by Gasteiger charge is -2.40. The second-order valence-corrected chi connectivity index (χ2v) is 9.33. The molecule has 2 aliphatic rings. The minimum absolute atomic E-state index is 0.0255. The fourth-order valence-corrected chi connectivity index (χ4v) is 5.26. The van der Waals surface area contributed by atoms with Gasteiger partial charge in [-0.1, -0.05) is 55.1 Å². The molecule has 2 aliphatic heterocycles. The van der Waals surface area contributed by atoms with Crippen LogP contribution in [-0.2, 0) is 6.54 Å². The summed E-state index contributed by atoms with van der Waals surface area (Å²) in [5.41, 5.74) is 3.29. The first-order valence-corrected chi connectivity index (χ1v) is 12.2. The Morgan fingerprint density at radius 3 is 2.23 bits per heavy atom. The van der Waals surface area contributed by atoms with Gasteiger partial charge in [-0.15, -0.1) is 0 Å². The van der Waals surface area contributed by atoms with Gasteiger partial charge in [-0.2, -0.15) is 0 Å². The summed E-state index contributed by atoms with van der Waals surface area (Å²) in [6, 6.07) is 22.0. The number of aromatic nitrogens is 1. The van der Waals surface area contributed by atoms with Crippen LogP contribution in [0.4, 0.5) is 5.82 Å². The highest BCUT2D eigenvalue weighted by Gasteiger charge is 2.41. The molecule has 2 atom stereocenters. The van der Waals surface area contributed by atoms with E-state index in [1.54, 1.807) is 12.3 Å². The van der Waals surface area contributed by atoms with E-state index in [9.17, 15) is 9.59 Å². The Hall–Kier alpha value is -3.93. The topological polar surface area (TPSA) is 74.3 Å². The number of benzene rings is 2. The van der Waals surface area contributed by atoms with Crippen LogP contribution < -0.4 is 15.5 Å². The van der Waals surface area contributed by atoms with Crippen LogP contribution in [0.1, 0.15) is 57.5 Å². The molecule has 6 heteroatoms. The molecule has 3 heterocycles. The molecule has 1 aromatic heterocycles. The Morgan fingerprint density at radius 1 is 0.914 bits per heavy atom. The molecular weight excluding hydrogens is 436 g/mol. The lowest BCUT2D eigenvalue weighted by Crippen LogP contribution is -2.50. The Kier molecular flexibility index (Phi) is 6.62. The summed E-state index contributed by atoms with van der Waals surface area (Å²) < 4.78 is 0. The molecule has 0 spiro atoms. The number of nitrogens with zero attached hydrogens (tertiary/aromatic N) is 2. The first kappa shape index (κ1) is 22.8. The monoisotopic (exact) mass is 466 g/mol. The summed E-state index contributed by atoms with van der Waals surface area (Å²) in [6.45, 7) is 4.25. The number of amides is 2. The first-order chi connectivity index (χ1) is 17.1. The van der Waals surface area contributed by atoms with Crippen LogP contribution in [0.2, 0.25) is 0 Å². The molecule has 0 aliphatic carbocycles. The zero-order valence-electron chi connectivity index (χ0n) is 19.7. The number of pyridine rings is 1. The Labute approximate surface area is 206 Å². The summed E-state index contributed by atoms with van der Waals surface area (Å²) in [4.78, 5) is 32.3. The predicted octanol–water partition coefficient (Wildman–Crippen LogP) is 4.58. The summed E-state index contributed by atoms with van der Waals surface area (Å²) in [6.07, 6.45) is 7.41. The lowest BCUT2D eigenvalue weighted by molar-refractivity contribution is 0.0924. The quantitative estimate of drug-likeness (QED) is 0.534. The predicted molar refractivity (Wildman–Crippen MR) is 138 cm³/mol. The van der Waals surface area contributed by atoms with E-state index in [0.717, 1.165) is 42.6 Å². The molecule has 2 fully saturated rings. The van der Waals surface area contributed by atoms with Crippen LogP contribution >= 0.6 is 0 Å². The van der Waals surface area contributed by atoms with E-state index >= 15 is 0 Å². The number of hydrogen-bond donors (Lipinski definition) is 2. The maximum atomic E-state index is 12.7. The largest absolute Gasteiger partial charge is 0.350 e. The van der Waals surface area contributed by atoms with Crippen molar-refractivity contribution in [3.05, 3.63) is 102 Å². The van der Waals surface area contributed by atoms with Crippen molar-refractivity contribution in [3.8, 4) is 0 Å². The maximum Gasteiger partial charge on any atom is 0.253 e. The summed E-state index contributed by atoms with van der Waals surface area (Å²) in [5, 5.41) is 6.18. The van der Waals surface area contributed by atoms with E-state index in [-0.39, 0.29) is 17.9 Å². The van der Waals surface area contributed by atoms with Crippen molar-refractivity contribution in [2.24, 2.45) is 0 Å². The van der Waals surface area contributed by atoms with Crippen LogP contribution in [0.25, 0.3) is 6.08 Å². The van der Waals surface area contributed by atoms with E-state index in [1.807, 2.05) is 66.7 Å². The number of piperidine rings is 1. The molecule has 0 radical (unpaired) electrons. The number of carbonyl (C=O) groups excluding carboxylic acids is 2. The van der Waals surface area contributed by atoms with Gasteiger partial charge >= 0.3 is 0 Å². The van der Waals surface area contributed by atoms with Crippen LogP contribution in [-0.4, -0.2) is 34.9 Å². The third-order valence-electron chi connectivity index (χ3n) is 7.05. The molecule has 2 saturated heterocycles. The Bertz CT molecular complexity index is 1180. The van der Waals surface area contributed by atoms with Gasteiger partial charge in [-0.05, 0) is 61.1 Å². The Balaban J connectivity index is 1.18. The molecule has 35 heavy (non-hydrogen) atoms. The van der Waals surface area contributed by atoms with E-state index in [1.165, 1.54) is 0 Å². The minimum Gasteiger partial charge on any atom is -0.350 e. The van der Waals surface area contributed by atoms with E-state index in [4.69, 9.17) is 0 Å². The zero-order valence-corrected chi connectivity index (χ0v) is 19.7. The van der Waals surface area contributed by atoms with Crippen LogP contribution in [0.3, 0.4) is 0 Å². The second kappa shape index (κ2) is 10.1. The van der Waals surface area contributed by atoms with Crippen molar-refractivity contribution in [2.75, 3.05) is 4.90 Å². The average molecular weight is 467 g/mol. The SMILES string of the molecule is C=Cc1ccc(C(=O)NC2CC3CCC(C2)N3c2ccc(C(=O)NCc3ccccc3)cn2)cc1. The summed E-state index contributed by atoms with van der Waals surface area (Å²) >= 11 is 0. The van der Waals surface area contributed by atoms with Gasteiger partial charge in [-0.3, -0.25) is 9.59 Å². The molecule has 0 saturated carbocycles. The highest BCUT2D eigenvalue weighted by Crippen LogP contribution is 2.38. The van der Waals surface area contributed by atoms with Gasteiger partial charge in [0.25, 0.3) is 11.8 Å². The number of hydrogen-bond acceptors (Lipinski definition) is 4. The van der Waals surface area contributed by atoms with Gasteiger partial charge in [0, 0.05) is 36.4 Å². The van der Waals surface area contributed by atoms with E-state index < -0.39 is 0 Å². The third kappa shape index (κ3) is 5.11. The lowest BCUT2D eigenvalue weighted by atomic mass is 9.96. The second-order valence-electron chi connectivity index (χ2n) is 9.33. The zero-order chi connectivity index (χ0) is 24.2. The molecule has 2 N–H and O–H groups in total. The number of nitrogens with one attached hydrogen (secondary N) is 2. The van der Waals surface area contributed by atoms with Crippen molar-refractivity contribution in [2.45, 2.75) is 50.4 Å². The van der Waals surface area contributed by atoms with Crippen molar-refractivity contribution in [3.63, 3.8) is 0 Å². The van der Waals surface area contributed by atoms with Crippen LogP contribution in [0, 0.1) is 0 Å². The smallest absolute Gasteiger partial charge is 0.253 e. The highest BCUT2D eigenvalue weighted by atomic mass is 16.2. The van der Waals surface area contributed by atoms with Crippen molar-refractivity contribution in [1.29, 1.82) is 0 Å². The summed E-state index contributed by atoms with van der Waals surface area (Å²) in [7, 11) is 0. The molecule has 2 amide bonds. The molecule has 5 rings (SSSR count). The summed E-state index contributed by atoms with van der Waals surface area (Å²) in [5.74, 6) is 0.753. The number of fused-ring (bicyclic) bond motifs is 2. The molecule has 3 aromatic rings. The van der Waals surface area contributed by atoms with Gasteiger partial charge < -0.3 is 15.5 Å². The standard InChI is InChI=1S/C29H30N4O2/c1-2-20-8-10-22(11-9-20)29(35)32-24-16-25-13-14-26(17-24)33(25)27-15-12-23(19-30-27)28(34)31-18-21-6-4-3-5-7-21/h2-12,15,19,24-26H,1,13-14,16-18H2,(H,31,34)(H,32,35). The van der Waals surface area contributed by atoms with Crippen LogP contribution in [0.15, 0.2) is 79.5 Å². The molecule has 2 unspecified atom stereocenters. The average Bonchev–Trinajstić information content (AvgIpc) is 3.17. The van der Waals surface area contributed by atoms with Crippen molar-refractivity contribution < 1.29 is 9.59 Å². The highest BCUT2D eigenvalue weighted by molar-refractivity contribution is 5.95. The van der Waals surface area contributed by atoms with Gasteiger partial charge in [0.2, 0.25) is 0 Å². The number of anilines is 1. The van der Waals surface area contributed by atoms with E-state index in [0.29, 0.717) is 29.8 Å². The van der Waals surface area contributed by atoms with E-state index in [2.05, 4.69) is 27.1 Å². The number of rotatable bonds is 7. The first-order valence-electron chi connectivity index (χ1n) is 12.2. The van der Waals surface area contributed by atoms with Crippen molar-refractivity contribution >= 4 is 23.7 Å². The fraction of sp³-hybridized carbons (Fsp3) is 0.276. The van der Waals surface area contributed by atoms with Gasteiger partial charge in [0.05, 0.1) is 5.56 Å². The normalized spacial score (nSPS) is 20.8. The molecule has 6 nitrogen and oxygen atoms in total. The molecular formula is C29H30N4O2. The molecule has 178 valence electrons. The van der Waals surface area contributed by atoms with Gasteiger partial charge in [0.1, 0.15) is 5.82 Å². The Morgan fingerprint density at radius 2 is 1.60 bits per heavy atom. The minimum atomic E-state index is -0.126. The molecule has 2 aromatic carbocycles. The third-order valence-corrected chi connectivity index (χ3v) is 7.05. The van der Waals surface area contributed by atoms with Gasteiger partial charge in [-0.25, -0.2) is 4.98 Å². The molecule has 2 bridgehead atoms. The van der Waals surface area contributed by atoms with Crippen LogP contribution in [0.5, 0.6) is 0 Å². The fourth-order valence-electron chi connectivity index (χ4n) is 5.26. The number of carbonyl (C=O) groups is 2. The van der Waals surface area contributed by atoms with Gasteiger partial charge in [0.15, 0.2) is 0 Å². The van der Waals surface area contributed by atoms with Crippen molar-refractivity contribution in [1.82, 2.24) is 15.6 Å².